The van der Waals surface area contributed by atoms with Gasteiger partial charge >= 0.3 is 0 Å². The first kappa shape index (κ1) is 19.2. The molecule has 4 nitrogen and oxygen atoms in total. The van der Waals surface area contributed by atoms with Gasteiger partial charge in [-0.25, -0.2) is 4.39 Å². The van der Waals surface area contributed by atoms with Gasteiger partial charge in [-0.15, -0.1) is 11.8 Å². The van der Waals surface area contributed by atoms with Crippen LogP contribution in [0.5, 0.6) is 5.19 Å². The quantitative estimate of drug-likeness (QED) is 0.534. The summed E-state index contributed by atoms with van der Waals surface area (Å²) in [6.45, 7) is 3.38. The largest absolute Gasteiger partial charge is 0.467 e. The smallest absolute Gasteiger partial charge is 0.274 e. The monoisotopic (exact) mass is 416 g/mol. The molecule has 1 fully saturated rings. The van der Waals surface area contributed by atoms with Gasteiger partial charge in [0.25, 0.3) is 11.1 Å². The van der Waals surface area contributed by atoms with Crippen molar-refractivity contribution in [1.29, 1.82) is 0 Å². The van der Waals surface area contributed by atoms with E-state index in [9.17, 15) is 9.18 Å². The van der Waals surface area contributed by atoms with Crippen molar-refractivity contribution in [2.24, 2.45) is 0 Å². The topological polar surface area (TPSA) is 42.4 Å². The average Bonchev–Trinajstić information content (AvgIpc) is 3.13. The number of carbonyl (C=O) groups excluding carboxylic acids is 1. The van der Waals surface area contributed by atoms with Gasteiger partial charge in [0.2, 0.25) is 0 Å². The van der Waals surface area contributed by atoms with E-state index in [2.05, 4.69) is 11.9 Å². The summed E-state index contributed by atoms with van der Waals surface area (Å²) in [5, 5.41) is 0.495. The van der Waals surface area contributed by atoms with Crippen molar-refractivity contribution in [2.75, 3.05) is 18.8 Å². The van der Waals surface area contributed by atoms with E-state index in [0.29, 0.717) is 23.8 Å². The molecule has 0 bridgehead atoms. The lowest BCUT2D eigenvalue weighted by Gasteiger charge is -2.32. The molecule has 0 N–H and O–H groups in total. The van der Waals surface area contributed by atoms with E-state index in [1.165, 1.54) is 17.4 Å². The summed E-state index contributed by atoms with van der Waals surface area (Å²) >= 11 is 3.05. The Labute approximate surface area is 171 Å². The highest BCUT2D eigenvalue weighted by Gasteiger charge is 2.26. The molecular weight excluding hydrogens is 395 g/mol. The van der Waals surface area contributed by atoms with E-state index in [-0.39, 0.29) is 17.8 Å². The molecule has 28 heavy (non-hydrogen) atoms. The number of ether oxygens (including phenoxy) is 1. The number of hydrogen-bond acceptors (Lipinski definition) is 5. The van der Waals surface area contributed by atoms with Gasteiger partial charge in [0.05, 0.1) is 10.3 Å². The minimum atomic E-state index is -0.326. The van der Waals surface area contributed by atoms with E-state index in [1.54, 1.807) is 17.8 Å². The van der Waals surface area contributed by atoms with Crippen LogP contribution in [0.1, 0.15) is 30.1 Å². The highest BCUT2D eigenvalue weighted by molar-refractivity contribution is 7.99. The van der Waals surface area contributed by atoms with Crippen molar-refractivity contribution in [3.05, 3.63) is 53.8 Å². The van der Waals surface area contributed by atoms with E-state index in [0.717, 1.165) is 33.8 Å². The molecule has 1 saturated heterocycles. The lowest BCUT2D eigenvalue weighted by molar-refractivity contribution is 0.0592. The zero-order valence-electron chi connectivity index (χ0n) is 15.6. The molecule has 2 aromatic carbocycles. The van der Waals surface area contributed by atoms with Crippen molar-refractivity contribution < 1.29 is 13.9 Å². The number of hydrogen-bond donors (Lipinski definition) is 0. The molecule has 0 saturated carbocycles. The number of fused-ring (bicyclic) bond motifs is 1. The van der Waals surface area contributed by atoms with Gasteiger partial charge in [-0.1, -0.05) is 36.5 Å². The SMILES string of the molecule is CCSc1ccccc1C(=O)N1CCC(Oc2nc3c(F)cccc3s2)CC1. The van der Waals surface area contributed by atoms with Gasteiger partial charge in [0, 0.05) is 30.8 Å². The molecule has 0 atom stereocenters. The maximum absolute atomic E-state index is 13.8. The number of nitrogens with zero attached hydrogens (tertiary/aromatic N) is 2. The van der Waals surface area contributed by atoms with Crippen LogP contribution in [0.15, 0.2) is 47.4 Å². The highest BCUT2D eigenvalue weighted by atomic mass is 32.2. The molecule has 1 amide bonds. The third-order valence-electron chi connectivity index (χ3n) is 4.76. The second kappa shape index (κ2) is 8.49. The number of amides is 1. The van der Waals surface area contributed by atoms with E-state index >= 15 is 0 Å². The Balaban J connectivity index is 1.39. The first-order valence-corrected chi connectivity index (χ1v) is 11.2. The van der Waals surface area contributed by atoms with Crippen molar-refractivity contribution >= 4 is 39.2 Å². The minimum absolute atomic E-state index is 0.00654. The number of carbonyl (C=O) groups is 1. The summed E-state index contributed by atoms with van der Waals surface area (Å²) in [4.78, 5) is 20.1. The van der Waals surface area contributed by atoms with Crippen LogP contribution < -0.4 is 4.74 Å². The fraction of sp³-hybridized carbons (Fsp3) is 0.333. The predicted octanol–water partition coefficient (Wildman–Crippen LogP) is 5.23. The third kappa shape index (κ3) is 4.00. The molecule has 1 aliphatic rings. The Morgan fingerprint density at radius 1 is 1.25 bits per heavy atom. The normalized spacial score (nSPS) is 15.1. The Hall–Kier alpha value is -2.12. The number of thiazole rings is 1. The lowest BCUT2D eigenvalue weighted by atomic mass is 10.1. The van der Waals surface area contributed by atoms with Crippen LogP contribution >= 0.6 is 23.1 Å². The maximum Gasteiger partial charge on any atom is 0.274 e. The standard InChI is InChI=1S/C21H21FN2O2S2/c1-2-27-17-8-4-3-6-15(17)20(25)24-12-10-14(11-13-24)26-21-23-19-16(22)7-5-9-18(19)28-21/h3-9,14H,2,10-13H2,1H3. The number of para-hydroxylation sites is 1. The molecule has 0 aliphatic carbocycles. The van der Waals surface area contributed by atoms with Gasteiger partial charge in [-0.3, -0.25) is 4.79 Å². The van der Waals surface area contributed by atoms with Crippen LogP contribution in [0.3, 0.4) is 0 Å². The lowest BCUT2D eigenvalue weighted by Crippen LogP contribution is -2.41. The second-order valence-corrected chi connectivity index (χ2v) is 8.90. The molecule has 0 spiro atoms. The molecule has 2 heterocycles. The van der Waals surface area contributed by atoms with Gasteiger partial charge in [-0.2, -0.15) is 4.98 Å². The van der Waals surface area contributed by atoms with E-state index < -0.39 is 0 Å². The fourth-order valence-electron chi connectivity index (χ4n) is 3.36. The average molecular weight is 417 g/mol. The number of aromatic nitrogens is 1. The Kier molecular flexibility index (Phi) is 5.82. The molecular formula is C21H21FN2O2S2. The van der Waals surface area contributed by atoms with Crippen molar-refractivity contribution in [3.63, 3.8) is 0 Å². The summed E-state index contributed by atoms with van der Waals surface area (Å²) in [7, 11) is 0. The molecule has 0 unspecified atom stereocenters. The molecule has 146 valence electrons. The number of thioether (sulfide) groups is 1. The van der Waals surface area contributed by atoms with Gasteiger partial charge < -0.3 is 9.64 Å². The first-order chi connectivity index (χ1) is 13.7. The van der Waals surface area contributed by atoms with E-state index in [4.69, 9.17) is 4.74 Å². The van der Waals surface area contributed by atoms with Gasteiger partial charge in [0.1, 0.15) is 17.4 Å². The number of benzene rings is 2. The molecule has 3 aromatic rings. The number of halogens is 1. The van der Waals surface area contributed by atoms with Crippen molar-refractivity contribution in [1.82, 2.24) is 9.88 Å². The van der Waals surface area contributed by atoms with Crippen LogP contribution in [-0.2, 0) is 0 Å². The van der Waals surface area contributed by atoms with E-state index in [1.807, 2.05) is 35.2 Å². The minimum Gasteiger partial charge on any atom is -0.467 e. The summed E-state index contributed by atoms with van der Waals surface area (Å²) < 4.78 is 20.6. The molecule has 1 aliphatic heterocycles. The van der Waals surface area contributed by atoms with Gasteiger partial charge in [0.15, 0.2) is 0 Å². The second-order valence-electron chi connectivity index (χ2n) is 6.60. The fourth-order valence-corrected chi connectivity index (χ4v) is 5.05. The van der Waals surface area contributed by atoms with Crippen LogP contribution in [-0.4, -0.2) is 40.7 Å². The zero-order chi connectivity index (χ0) is 19.5. The first-order valence-electron chi connectivity index (χ1n) is 9.38. The molecule has 0 radical (unpaired) electrons. The van der Waals surface area contributed by atoms with Crippen molar-refractivity contribution in [2.45, 2.75) is 30.8 Å². The number of piperidine rings is 1. The maximum atomic E-state index is 13.8. The zero-order valence-corrected chi connectivity index (χ0v) is 17.2. The van der Waals surface area contributed by atoms with Crippen molar-refractivity contribution in [3.8, 4) is 5.19 Å². The van der Waals surface area contributed by atoms with Gasteiger partial charge in [-0.05, 0) is 30.0 Å². The van der Waals surface area contributed by atoms with Crippen LogP contribution in [0.2, 0.25) is 0 Å². The summed E-state index contributed by atoms with van der Waals surface area (Å²) in [5.74, 6) is 0.688. The summed E-state index contributed by atoms with van der Waals surface area (Å²) in [5.41, 5.74) is 1.13. The summed E-state index contributed by atoms with van der Waals surface area (Å²) in [6.07, 6.45) is 1.48. The number of rotatable bonds is 5. The third-order valence-corrected chi connectivity index (χ3v) is 6.63. The summed E-state index contributed by atoms with van der Waals surface area (Å²) in [6, 6.07) is 12.7. The molecule has 4 rings (SSSR count). The molecule has 1 aromatic heterocycles. The van der Waals surface area contributed by atoms with Crippen LogP contribution in [0, 0.1) is 5.82 Å². The Bertz CT molecular complexity index is 983. The molecule has 7 heteroatoms. The van der Waals surface area contributed by atoms with Crippen LogP contribution in [0.25, 0.3) is 10.2 Å². The predicted molar refractivity (Wildman–Crippen MR) is 112 cm³/mol. The van der Waals surface area contributed by atoms with Crippen LogP contribution in [0.4, 0.5) is 4.39 Å². The Morgan fingerprint density at radius 3 is 2.79 bits per heavy atom. The number of likely N-dealkylation sites (tertiary alicyclic amines) is 1. The highest BCUT2D eigenvalue weighted by Crippen LogP contribution is 2.31. The Morgan fingerprint density at radius 2 is 2.04 bits per heavy atom.